The Labute approximate surface area is 116 Å². The zero-order chi connectivity index (χ0) is 13.7. The molecule has 1 fully saturated rings. The van der Waals surface area contributed by atoms with Gasteiger partial charge >= 0.3 is 0 Å². The number of nitrogens with one attached hydrogen (secondary N) is 1. The van der Waals surface area contributed by atoms with E-state index in [1.54, 1.807) is 0 Å². The first-order valence-electron chi connectivity index (χ1n) is 7.08. The molecular weight excluding hydrogens is 238 g/mol. The molecule has 1 heterocycles. The number of para-hydroxylation sites is 2. The molecule has 0 saturated carbocycles. The summed E-state index contributed by atoms with van der Waals surface area (Å²) in [4.78, 5) is 4.86. The maximum Gasteiger partial charge on any atom is 0.142 e. The van der Waals surface area contributed by atoms with Crippen LogP contribution in [-0.2, 0) is 0 Å². The predicted octanol–water partition coefficient (Wildman–Crippen LogP) is 1.43. The number of hydrogen-bond donors (Lipinski definition) is 1. The average Bonchev–Trinajstić information content (AvgIpc) is 2.41. The second-order valence-electron chi connectivity index (χ2n) is 5.07. The summed E-state index contributed by atoms with van der Waals surface area (Å²) in [5.41, 5.74) is 1.22. The van der Waals surface area contributed by atoms with Crippen LogP contribution in [0.3, 0.4) is 0 Å². The van der Waals surface area contributed by atoms with Crippen LogP contribution in [-0.4, -0.2) is 57.8 Å². The highest BCUT2D eigenvalue weighted by atomic mass is 16.5. The van der Waals surface area contributed by atoms with E-state index in [9.17, 15) is 0 Å². The van der Waals surface area contributed by atoms with Crippen LogP contribution in [0.25, 0.3) is 0 Å². The van der Waals surface area contributed by atoms with Crippen molar-refractivity contribution in [3.05, 3.63) is 24.3 Å². The lowest BCUT2D eigenvalue weighted by molar-refractivity contribution is 0.262. The van der Waals surface area contributed by atoms with Gasteiger partial charge in [-0.3, -0.25) is 0 Å². The maximum atomic E-state index is 5.77. The SMILES string of the molecule is CCOc1ccccc1N1CCN(C)CC1CNC. The van der Waals surface area contributed by atoms with Crippen LogP contribution in [0.1, 0.15) is 6.92 Å². The van der Waals surface area contributed by atoms with Gasteiger partial charge in [-0.15, -0.1) is 0 Å². The molecule has 1 aliphatic heterocycles. The summed E-state index contributed by atoms with van der Waals surface area (Å²) in [7, 11) is 4.20. The molecule has 0 radical (unpaired) electrons. The third-order valence-corrected chi connectivity index (χ3v) is 3.60. The molecule has 4 nitrogen and oxygen atoms in total. The number of anilines is 1. The zero-order valence-electron chi connectivity index (χ0n) is 12.2. The molecule has 1 aromatic carbocycles. The highest BCUT2D eigenvalue weighted by Gasteiger charge is 2.26. The second-order valence-corrected chi connectivity index (χ2v) is 5.07. The number of benzene rings is 1. The van der Waals surface area contributed by atoms with E-state index in [0.717, 1.165) is 31.9 Å². The topological polar surface area (TPSA) is 27.7 Å². The molecular formula is C15H25N3O. The highest BCUT2D eigenvalue weighted by Crippen LogP contribution is 2.30. The van der Waals surface area contributed by atoms with Gasteiger partial charge in [0.15, 0.2) is 0 Å². The summed E-state index contributed by atoms with van der Waals surface area (Å²) in [5.74, 6) is 0.996. The van der Waals surface area contributed by atoms with E-state index in [-0.39, 0.29) is 0 Å². The number of nitrogens with zero attached hydrogens (tertiary/aromatic N) is 2. The van der Waals surface area contributed by atoms with E-state index in [0.29, 0.717) is 12.6 Å². The second kappa shape index (κ2) is 6.78. The summed E-state index contributed by atoms with van der Waals surface area (Å²) in [5, 5.41) is 3.30. The van der Waals surface area contributed by atoms with Crippen LogP contribution < -0.4 is 15.0 Å². The third kappa shape index (κ3) is 3.39. The lowest BCUT2D eigenvalue weighted by Gasteiger charge is -2.42. The first-order chi connectivity index (χ1) is 9.26. The first kappa shape index (κ1) is 14.2. The van der Waals surface area contributed by atoms with Crippen LogP contribution in [0.15, 0.2) is 24.3 Å². The third-order valence-electron chi connectivity index (χ3n) is 3.60. The van der Waals surface area contributed by atoms with Gasteiger partial charge in [0.2, 0.25) is 0 Å². The molecule has 0 spiro atoms. The van der Waals surface area contributed by atoms with Crippen molar-refractivity contribution in [1.29, 1.82) is 0 Å². The molecule has 1 saturated heterocycles. The Morgan fingerprint density at radius 3 is 2.84 bits per heavy atom. The van der Waals surface area contributed by atoms with Gasteiger partial charge in [0.05, 0.1) is 18.3 Å². The van der Waals surface area contributed by atoms with Crippen molar-refractivity contribution in [1.82, 2.24) is 10.2 Å². The summed E-state index contributed by atoms with van der Waals surface area (Å²) in [6.07, 6.45) is 0. The molecule has 106 valence electrons. The molecule has 1 N–H and O–H groups in total. The molecule has 0 aliphatic carbocycles. The van der Waals surface area contributed by atoms with E-state index < -0.39 is 0 Å². The lowest BCUT2D eigenvalue weighted by atomic mass is 10.1. The van der Waals surface area contributed by atoms with Gasteiger partial charge in [-0.1, -0.05) is 12.1 Å². The normalized spacial score (nSPS) is 20.6. The van der Waals surface area contributed by atoms with Crippen LogP contribution >= 0.6 is 0 Å². The van der Waals surface area contributed by atoms with E-state index in [1.807, 2.05) is 20.0 Å². The number of piperazine rings is 1. The minimum Gasteiger partial charge on any atom is -0.492 e. The van der Waals surface area contributed by atoms with Crippen molar-refractivity contribution >= 4 is 5.69 Å². The summed E-state index contributed by atoms with van der Waals surface area (Å²) < 4.78 is 5.77. The standard InChI is InChI=1S/C15H25N3O/c1-4-19-15-8-6-5-7-14(15)18-10-9-17(3)12-13(18)11-16-2/h5-8,13,16H,4,9-12H2,1-3H3. The molecule has 19 heavy (non-hydrogen) atoms. The van der Waals surface area contributed by atoms with Gasteiger partial charge in [-0.05, 0) is 33.2 Å². The van der Waals surface area contributed by atoms with E-state index in [4.69, 9.17) is 4.74 Å². The fraction of sp³-hybridized carbons (Fsp3) is 0.600. The van der Waals surface area contributed by atoms with Gasteiger partial charge in [-0.2, -0.15) is 0 Å². The van der Waals surface area contributed by atoms with Gasteiger partial charge in [-0.25, -0.2) is 0 Å². The molecule has 1 unspecified atom stereocenters. The predicted molar refractivity (Wildman–Crippen MR) is 80.2 cm³/mol. The highest BCUT2D eigenvalue weighted by molar-refractivity contribution is 5.59. The van der Waals surface area contributed by atoms with Gasteiger partial charge < -0.3 is 19.9 Å². The Bertz CT molecular complexity index is 397. The van der Waals surface area contributed by atoms with Crippen LogP contribution in [0.5, 0.6) is 5.75 Å². The summed E-state index contributed by atoms with van der Waals surface area (Å²) in [6.45, 7) is 6.97. The number of ether oxygens (including phenoxy) is 1. The lowest BCUT2D eigenvalue weighted by Crippen LogP contribution is -2.55. The van der Waals surface area contributed by atoms with Crippen molar-refractivity contribution in [2.45, 2.75) is 13.0 Å². The summed E-state index contributed by atoms with van der Waals surface area (Å²) >= 11 is 0. The molecule has 1 aromatic rings. The number of rotatable bonds is 5. The largest absolute Gasteiger partial charge is 0.492 e. The van der Waals surface area contributed by atoms with Gasteiger partial charge in [0.25, 0.3) is 0 Å². The summed E-state index contributed by atoms with van der Waals surface area (Å²) in [6, 6.07) is 8.85. The molecule has 1 atom stereocenters. The molecule has 0 aromatic heterocycles. The Balaban J connectivity index is 2.22. The molecule has 0 amide bonds. The van der Waals surface area contributed by atoms with Crippen LogP contribution in [0.4, 0.5) is 5.69 Å². The minimum atomic E-state index is 0.491. The Morgan fingerprint density at radius 2 is 2.11 bits per heavy atom. The van der Waals surface area contributed by atoms with Crippen LogP contribution in [0.2, 0.25) is 0 Å². The van der Waals surface area contributed by atoms with Crippen molar-refractivity contribution in [3.63, 3.8) is 0 Å². The fourth-order valence-electron chi connectivity index (χ4n) is 2.71. The number of likely N-dealkylation sites (N-methyl/N-ethyl adjacent to an activating group) is 2. The monoisotopic (exact) mass is 263 g/mol. The minimum absolute atomic E-state index is 0.491. The smallest absolute Gasteiger partial charge is 0.142 e. The molecule has 4 heteroatoms. The van der Waals surface area contributed by atoms with E-state index in [2.05, 4.69) is 40.4 Å². The average molecular weight is 263 g/mol. The van der Waals surface area contributed by atoms with Crippen molar-refractivity contribution in [2.75, 3.05) is 51.8 Å². The maximum absolute atomic E-state index is 5.77. The quantitative estimate of drug-likeness (QED) is 0.869. The molecule has 2 rings (SSSR count). The fourth-order valence-corrected chi connectivity index (χ4v) is 2.71. The Kier molecular flexibility index (Phi) is 5.05. The molecule has 0 bridgehead atoms. The molecule has 1 aliphatic rings. The van der Waals surface area contributed by atoms with E-state index >= 15 is 0 Å². The Morgan fingerprint density at radius 1 is 1.32 bits per heavy atom. The zero-order valence-corrected chi connectivity index (χ0v) is 12.2. The van der Waals surface area contributed by atoms with Crippen molar-refractivity contribution < 1.29 is 4.74 Å². The van der Waals surface area contributed by atoms with Crippen molar-refractivity contribution in [2.24, 2.45) is 0 Å². The number of hydrogen-bond acceptors (Lipinski definition) is 4. The van der Waals surface area contributed by atoms with Crippen LogP contribution in [0, 0.1) is 0 Å². The Hall–Kier alpha value is -1.26. The van der Waals surface area contributed by atoms with Crippen molar-refractivity contribution in [3.8, 4) is 5.75 Å². The first-order valence-corrected chi connectivity index (χ1v) is 7.08. The van der Waals surface area contributed by atoms with E-state index in [1.165, 1.54) is 5.69 Å². The van der Waals surface area contributed by atoms with Gasteiger partial charge in [0, 0.05) is 26.2 Å². The van der Waals surface area contributed by atoms with Gasteiger partial charge in [0.1, 0.15) is 5.75 Å².